The zero-order valence-corrected chi connectivity index (χ0v) is 14.4. The van der Waals surface area contributed by atoms with Crippen molar-refractivity contribution in [1.82, 2.24) is 0 Å². The van der Waals surface area contributed by atoms with E-state index in [1.165, 1.54) is 0 Å². The van der Waals surface area contributed by atoms with E-state index in [0.717, 1.165) is 49.2 Å². The zero-order chi connectivity index (χ0) is 17.3. The molecule has 2 heterocycles. The zero-order valence-electron chi connectivity index (χ0n) is 14.4. The second kappa shape index (κ2) is 6.70. The summed E-state index contributed by atoms with van der Waals surface area (Å²) < 4.78 is 17.1. The van der Waals surface area contributed by atoms with E-state index >= 15 is 0 Å². The number of ether oxygens (including phenoxy) is 3. The molecule has 25 heavy (non-hydrogen) atoms. The molecule has 1 aliphatic carbocycles. The molecule has 0 radical (unpaired) electrons. The molecule has 1 aromatic carbocycles. The number of aryl methyl sites for hydroxylation is 1. The lowest BCUT2D eigenvalue weighted by atomic mass is 9.76. The number of esters is 1. The van der Waals surface area contributed by atoms with Gasteiger partial charge in [0, 0.05) is 6.42 Å². The van der Waals surface area contributed by atoms with Crippen molar-refractivity contribution in [2.24, 2.45) is 5.92 Å². The van der Waals surface area contributed by atoms with Crippen LogP contribution in [-0.2, 0) is 20.7 Å². The average molecular weight is 344 g/mol. The quantitative estimate of drug-likeness (QED) is 0.620. The molecule has 1 saturated carbocycles. The lowest BCUT2D eigenvalue weighted by Crippen LogP contribution is -2.48. The predicted octanol–water partition coefficient (Wildman–Crippen LogP) is 3.23. The minimum absolute atomic E-state index is 0.0188. The van der Waals surface area contributed by atoms with Crippen molar-refractivity contribution in [1.29, 1.82) is 0 Å². The van der Waals surface area contributed by atoms with E-state index in [9.17, 15) is 9.59 Å². The van der Waals surface area contributed by atoms with Crippen molar-refractivity contribution in [2.75, 3.05) is 13.2 Å². The summed E-state index contributed by atoms with van der Waals surface area (Å²) in [7, 11) is 0. The van der Waals surface area contributed by atoms with Gasteiger partial charge in [-0.15, -0.1) is 0 Å². The summed E-state index contributed by atoms with van der Waals surface area (Å²) in [6.07, 6.45) is 6.14. The van der Waals surface area contributed by atoms with Crippen LogP contribution in [0.25, 0.3) is 0 Å². The van der Waals surface area contributed by atoms with E-state index in [4.69, 9.17) is 14.2 Å². The number of hydrogen-bond acceptors (Lipinski definition) is 5. The van der Waals surface area contributed by atoms with Gasteiger partial charge in [-0.05, 0) is 49.3 Å². The number of rotatable bonds is 4. The van der Waals surface area contributed by atoms with Crippen LogP contribution in [0.1, 0.15) is 50.5 Å². The van der Waals surface area contributed by atoms with Crippen LogP contribution in [0.5, 0.6) is 11.5 Å². The van der Waals surface area contributed by atoms with Crippen LogP contribution in [0.15, 0.2) is 18.2 Å². The highest BCUT2D eigenvalue weighted by molar-refractivity contribution is 5.98. The van der Waals surface area contributed by atoms with Crippen molar-refractivity contribution in [2.45, 2.75) is 57.0 Å². The van der Waals surface area contributed by atoms with Crippen molar-refractivity contribution in [3.8, 4) is 11.5 Å². The summed E-state index contributed by atoms with van der Waals surface area (Å²) >= 11 is 0. The molecule has 2 aliphatic heterocycles. The van der Waals surface area contributed by atoms with Gasteiger partial charge in [0.1, 0.15) is 31.0 Å². The highest BCUT2D eigenvalue weighted by Crippen LogP contribution is 2.44. The van der Waals surface area contributed by atoms with E-state index in [1.807, 2.05) is 18.2 Å². The second-order valence-electron chi connectivity index (χ2n) is 7.39. The van der Waals surface area contributed by atoms with E-state index in [-0.39, 0.29) is 18.2 Å². The minimum Gasteiger partial charge on any atom is -0.486 e. The SMILES string of the molecule is O=C1CC(=O)OC(CCc2ccc3c(c2)OCCO3)(C2CCCC2)C1. The Bertz CT molecular complexity index is 659. The van der Waals surface area contributed by atoms with Crippen LogP contribution in [0, 0.1) is 5.92 Å². The number of cyclic esters (lactones) is 1. The molecule has 5 nitrogen and oxygen atoms in total. The highest BCUT2D eigenvalue weighted by Gasteiger charge is 2.47. The fraction of sp³-hybridized carbons (Fsp3) is 0.600. The van der Waals surface area contributed by atoms with Gasteiger partial charge in [-0.3, -0.25) is 9.59 Å². The van der Waals surface area contributed by atoms with E-state index in [2.05, 4.69) is 0 Å². The molecular weight excluding hydrogens is 320 g/mol. The Morgan fingerprint density at radius 3 is 2.56 bits per heavy atom. The first-order chi connectivity index (χ1) is 12.1. The maximum Gasteiger partial charge on any atom is 0.313 e. The van der Waals surface area contributed by atoms with Crippen LogP contribution >= 0.6 is 0 Å². The van der Waals surface area contributed by atoms with Gasteiger partial charge in [-0.25, -0.2) is 0 Å². The first-order valence-corrected chi connectivity index (χ1v) is 9.27. The van der Waals surface area contributed by atoms with Gasteiger partial charge in [0.2, 0.25) is 0 Å². The van der Waals surface area contributed by atoms with Crippen molar-refractivity contribution < 1.29 is 23.8 Å². The Labute approximate surface area is 147 Å². The molecule has 3 aliphatic rings. The monoisotopic (exact) mass is 344 g/mol. The third kappa shape index (κ3) is 3.37. The van der Waals surface area contributed by atoms with Crippen LogP contribution in [-0.4, -0.2) is 30.6 Å². The second-order valence-corrected chi connectivity index (χ2v) is 7.39. The number of carbonyl (C=O) groups excluding carboxylic acids is 2. The first-order valence-electron chi connectivity index (χ1n) is 9.27. The van der Waals surface area contributed by atoms with Gasteiger partial charge in [0.15, 0.2) is 11.5 Å². The molecule has 1 saturated heterocycles. The highest BCUT2D eigenvalue weighted by atomic mass is 16.6. The summed E-state index contributed by atoms with van der Waals surface area (Å²) in [6.45, 7) is 1.14. The van der Waals surface area contributed by atoms with Gasteiger partial charge in [-0.1, -0.05) is 18.9 Å². The van der Waals surface area contributed by atoms with Gasteiger partial charge in [0.25, 0.3) is 0 Å². The number of hydrogen-bond donors (Lipinski definition) is 0. The fourth-order valence-corrected chi connectivity index (χ4v) is 4.48. The van der Waals surface area contributed by atoms with Crippen molar-refractivity contribution >= 4 is 11.8 Å². The number of ketones is 1. The van der Waals surface area contributed by atoms with Crippen LogP contribution in [0.4, 0.5) is 0 Å². The number of benzene rings is 1. The molecule has 134 valence electrons. The Morgan fingerprint density at radius 2 is 1.80 bits per heavy atom. The topological polar surface area (TPSA) is 61.8 Å². The minimum atomic E-state index is -0.615. The third-order valence-corrected chi connectivity index (χ3v) is 5.70. The normalized spacial score (nSPS) is 26.6. The largest absolute Gasteiger partial charge is 0.486 e. The molecule has 1 aromatic rings. The molecule has 0 spiro atoms. The van der Waals surface area contributed by atoms with Crippen molar-refractivity contribution in [3.63, 3.8) is 0 Å². The third-order valence-electron chi connectivity index (χ3n) is 5.70. The summed E-state index contributed by atoms with van der Waals surface area (Å²) in [5, 5.41) is 0. The number of fused-ring (bicyclic) bond motifs is 1. The molecule has 5 heteroatoms. The standard InChI is InChI=1S/C20H24O5/c21-16-12-19(22)25-20(13-16,15-3-1-2-4-15)8-7-14-5-6-17-18(11-14)24-10-9-23-17/h5-6,11,15H,1-4,7-10,12-13H2. The van der Waals surface area contributed by atoms with Crippen LogP contribution in [0.2, 0.25) is 0 Å². The molecule has 0 amide bonds. The van der Waals surface area contributed by atoms with E-state index < -0.39 is 5.60 Å². The lowest BCUT2D eigenvalue weighted by molar-refractivity contribution is -0.178. The first kappa shape index (κ1) is 16.4. The van der Waals surface area contributed by atoms with E-state index in [0.29, 0.717) is 32.0 Å². The Hall–Kier alpha value is -2.04. The maximum absolute atomic E-state index is 12.1. The summed E-state index contributed by atoms with van der Waals surface area (Å²) in [4.78, 5) is 24.1. The van der Waals surface area contributed by atoms with Crippen LogP contribution < -0.4 is 9.47 Å². The maximum atomic E-state index is 12.1. The molecule has 0 bridgehead atoms. The summed E-state index contributed by atoms with van der Waals surface area (Å²) in [6, 6.07) is 5.97. The molecule has 2 fully saturated rings. The van der Waals surface area contributed by atoms with Gasteiger partial charge in [-0.2, -0.15) is 0 Å². The summed E-state index contributed by atoms with van der Waals surface area (Å²) in [5.74, 6) is 1.52. The lowest BCUT2D eigenvalue weighted by Gasteiger charge is -2.41. The number of carbonyl (C=O) groups is 2. The molecule has 0 N–H and O–H groups in total. The Balaban J connectivity index is 1.53. The smallest absolute Gasteiger partial charge is 0.313 e. The molecular formula is C20H24O5. The fourth-order valence-electron chi connectivity index (χ4n) is 4.48. The van der Waals surface area contributed by atoms with Crippen LogP contribution in [0.3, 0.4) is 0 Å². The Morgan fingerprint density at radius 1 is 1.04 bits per heavy atom. The Kier molecular flexibility index (Phi) is 4.40. The molecule has 0 aromatic heterocycles. The summed E-state index contributed by atoms with van der Waals surface area (Å²) in [5.41, 5.74) is 0.506. The van der Waals surface area contributed by atoms with Gasteiger partial charge < -0.3 is 14.2 Å². The average Bonchev–Trinajstić information content (AvgIpc) is 3.14. The molecule has 1 atom stereocenters. The van der Waals surface area contributed by atoms with Gasteiger partial charge >= 0.3 is 5.97 Å². The van der Waals surface area contributed by atoms with Crippen molar-refractivity contribution in [3.05, 3.63) is 23.8 Å². The van der Waals surface area contributed by atoms with E-state index in [1.54, 1.807) is 0 Å². The molecule has 4 rings (SSSR count). The molecule has 1 unspecified atom stereocenters. The predicted molar refractivity (Wildman–Crippen MR) is 90.8 cm³/mol. The van der Waals surface area contributed by atoms with Gasteiger partial charge in [0.05, 0.1) is 0 Å². The number of Topliss-reactive ketones (excluding diaryl/α,β-unsaturated/α-hetero) is 1.